The second-order valence-electron chi connectivity index (χ2n) is 7.70. The third kappa shape index (κ3) is 5.06. The molecule has 4 rings (SSSR count). The molecule has 5 heteroatoms. The average molecular weight is 428 g/mol. The number of amides is 1. The van der Waals surface area contributed by atoms with Gasteiger partial charge in [-0.15, -0.1) is 0 Å². The number of benzene rings is 3. The minimum Gasteiger partial charge on any atom is -0.378 e. The van der Waals surface area contributed by atoms with Crippen LogP contribution >= 0.6 is 11.8 Å². The van der Waals surface area contributed by atoms with Crippen LogP contribution in [0.15, 0.2) is 88.8 Å². The van der Waals surface area contributed by atoms with E-state index >= 15 is 0 Å². The first-order valence-electron chi connectivity index (χ1n) is 10.2. The highest BCUT2D eigenvalue weighted by molar-refractivity contribution is 8.18. The lowest BCUT2D eigenvalue weighted by molar-refractivity contribution is -0.122. The maximum Gasteiger partial charge on any atom is 0.267 e. The topological polar surface area (TPSA) is 35.9 Å². The molecule has 0 aromatic heterocycles. The van der Waals surface area contributed by atoms with E-state index in [1.54, 1.807) is 4.90 Å². The summed E-state index contributed by atoms with van der Waals surface area (Å²) in [6.07, 6.45) is 1.95. The van der Waals surface area contributed by atoms with E-state index in [4.69, 9.17) is 4.99 Å². The van der Waals surface area contributed by atoms with Crippen molar-refractivity contribution in [3.05, 3.63) is 100 Å². The first kappa shape index (κ1) is 20.9. The van der Waals surface area contributed by atoms with Crippen LogP contribution in [0, 0.1) is 6.92 Å². The summed E-state index contributed by atoms with van der Waals surface area (Å²) >= 11 is 1.43. The maximum atomic E-state index is 13.3. The fourth-order valence-electron chi connectivity index (χ4n) is 3.25. The molecule has 0 spiro atoms. The highest BCUT2D eigenvalue weighted by Crippen LogP contribution is 2.35. The van der Waals surface area contributed by atoms with Crippen LogP contribution in [0.2, 0.25) is 0 Å². The second-order valence-corrected chi connectivity index (χ2v) is 8.71. The van der Waals surface area contributed by atoms with Gasteiger partial charge in [0.2, 0.25) is 0 Å². The Morgan fingerprint density at radius 2 is 1.61 bits per heavy atom. The molecule has 1 amide bonds. The largest absolute Gasteiger partial charge is 0.378 e. The summed E-state index contributed by atoms with van der Waals surface area (Å²) in [7, 11) is 4.03. The molecule has 4 nitrogen and oxygen atoms in total. The van der Waals surface area contributed by atoms with Gasteiger partial charge >= 0.3 is 0 Å². The van der Waals surface area contributed by atoms with Gasteiger partial charge in [-0.2, -0.15) is 0 Å². The van der Waals surface area contributed by atoms with E-state index in [9.17, 15) is 4.79 Å². The van der Waals surface area contributed by atoms with Gasteiger partial charge in [0, 0.05) is 19.8 Å². The monoisotopic (exact) mass is 427 g/mol. The molecule has 1 aliphatic heterocycles. The van der Waals surface area contributed by atoms with E-state index in [2.05, 4.69) is 24.0 Å². The number of carbonyl (C=O) groups excluding carboxylic acids is 1. The number of thioether (sulfide) groups is 1. The van der Waals surface area contributed by atoms with E-state index in [0.717, 1.165) is 22.5 Å². The quantitative estimate of drug-likeness (QED) is 0.478. The molecule has 0 atom stereocenters. The van der Waals surface area contributed by atoms with Gasteiger partial charge in [0.15, 0.2) is 5.17 Å². The molecule has 0 aliphatic carbocycles. The molecule has 1 aliphatic rings. The molecule has 3 aromatic rings. The summed E-state index contributed by atoms with van der Waals surface area (Å²) < 4.78 is 0. The number of carbonyl (C=O) groups is 1. The Hall–Kier alpha value is -3.31. The zero-order valence-electron chi connectivity index (χ0n) is 17.9. The van der Waals surface area contributed by atoms with Gasteiger partial charge in [-0.25, -0.2) is 4.99 Å². The number of amidine groups is 1. The minimum atomic E-state index is -0.0172. The van der Waals surface area contributed by atoms with Gasteiger partial charge in [-0.3, -0.25) is 9.69 Å². The van der Waals surface area contributed by atoms with Crippen molar-refractivity contribution in [1.82, 2.24) is 4.90 Å². The number of hydrogen-bond donors (Lipinski definition) is 0. The Bertz CT molecular complexity index is 1120. The Kier molecular flexibility index (Phi) is 6.23. The predicted molar refractivity (Wildman–Crippen MR) is 132 cm³/mol. The van der Waals surface area contributed by atoms with E-state index in [-0.39, 0.29) is 5.91 Å². The standard InChI is InChI=1S/C26H25N3OS/c1-19-9-13-22(14-10-19)27-26-29(18-21-7-5-4-6-8-21)25(30)24(31-26)17-20-11-15-23(16-12-20)28(2)3/h4-17H,18H2,1-3H3. The molecule has 0 unspecified atom stereocenters. The van der Waals surface area contributed by atoms with Crippen molar-refractivity contribution in [2.75, 3.05) is 19.0 Å². The number of rotatable bonds is 5. The molecular formula is C26H25N3OS. The summed E-state index contributed by atoms with van der Waals surface area (Å²) in [6, 6.07) is 26.2. The van der Waals surface area contributed by atoms with Crippen LogP contribution in [-0.4, -0.2) is 30.1 Å². The van der Waals surface area contributed by atoms with Gasteiger partial charge in [0.25, 0.3) is 5.91 Å². The van der Waals surface area contributed by atoms with Gasteiger partial charge < -0.3 is 4.90 Å². The lowest BCUT2D eigenvalue weighted by Crippen LogP contribution is -2.28. The third-order valence-corrected chi connectivity index (χ3v) is 6.04. The zero-order valence-corrected chi connectivity index (χ0v) is 18.8. The number of hydrogen-bond acceptors (Lipinski definition) is 4. The highest BCUT2D eigenvalue weighted by Gasteiger charge is 2.33. The fourth-order valence-corrected chi connectivity index (χ4v) is 4.24. The Labute approximate surface area is 187 Å². The Balaban J connectivity index is 1.66. The van der Waals surface area contributed by atoms with E-state index in [1.807, 2.05) is 86.9 Å². The van der Waals surface area contributed by atoms with Crippen LogP contribution < -0.4 is 4.90 Å². The average Bonchev–Trinajstić information content (AvgIpc) is 3.05. The summed E-state index contributed by atoms with van der Waals surface area (Å²) in [5, 5.41) is 0.703. The van der Waals surface area contributed by atoms with Crippen molar-refractivity contribution in [2.45, 2.75) is 13.5 Å². The Morgan fingerprint density at radius 1 is 0.935 bits per heavy atom. The lowest BCUT2D eigenvalue weighted by atomic mass is 10.1. The lowest BCUT2D eigenvalue weighted by Gasteiger charge is -2.15. The van der Waals surface area contributed by atoms with Crippen LogP contribution in [0.4, 0.5) is 11.4 Å². The van der Waals surface area contributed by atoms with Gasteiger partial charge in [-0.1, -0.05) is 60.2 Å². The molecule has 1 heterocycles. The molecule has 156 valence electrons. The first-order chi connectivity index (χ1) is 15.0. The normalized spacial score (nSPS) is 16.4. The third-order valence-electron chi connectivity index (χ3n) is 5.04. The number of aryl methyl sites for hydroxylation is 1. The molecular weight excluding hydrogens is 402 g/mol. The van der Waals surface area contributed by atoms with Crippen molar-refractivity contribution < 1.29 is 4.79 Å². The predicted octanol–water partition coefficient (Wildman–Crippen LogP) is 5.87. The minimum absolute atomic E-state index is 0.0172. The van der Waals surface area contributed by atoms with Crippen molar-refractivity contribution >= 4 is 40.3 Å². The number of nitrogens with zero attached hydrogens (tertiary/aromatic N) is 3. The van der Waals surface area contributed by atoms with Crippen LogP contribution in [0.1, 0.15) is 16.7 Å². The fraction of sp³-hybridized carbons (Fsp3) is 0.154. The maximum absolute atomic E-state index is 13.3. The van der Waals surface area contributed by atoms with Crippen molar-refractivity contribution in [3.63, 3.8) is 0 Å². The number of anilines is 1. The summed E-state index contributed by atoms with van der Waals surface area (Å²) in [5.74, 6) is -0.0172. The van der Waals surface area contributed by atoms with E-state index in [1.165, 1.54) is 17.3 Å². The van der Waals surface area contributed by atoms with E-state index in [0.29, 0.717) is 16.6 Å². The van der Waals surface area contributed by atoms with E-state index < -0.39 is 0 Å². The van der Waals surface area contributed by atoms with Crippen molar-refractivity contribution in [3.8, 4) is 0 Å². The molecule has 0 N–H and O–H groups in total. The van der Waals surface area contributed by atoms with Gasteiger partial charge in [-0.05, 0) is 60.2 Å². The van der Waals surface area contributed by atoms with Crippen molar-refractivity contribution in [1.29, 1.82) is 0 Å². The second kappa shape index (κ2) is 9.23. The molecule has 31 heavy (non-hydrogen) atoms. The summed E-state index contributed by atoms with van der Waals surface area (Å²) in [4.78, 5) is 22.6. The molecule has 0 radical (unpaired) electrons. The summed E-state index contributed by atoms with van der Waals surface area (Å²) in [5.41, 5.74) is 5.22. The Morgan fingerprint density at radius 3 is 2.26 bits per heavy atom. The highest BCUT2D eigenvalue weighted by atomic mass is 32.2. The molecule has 0 bridgehead atoms. The first-order valence-corrected chi connectivity index (χ1v) is 11.0. The van der Waals surface area contributed by atoms with Crippen LogP contribution in [-0.2, 0) is 11.3 Å². The molecule has 0 saturated carbocycles. The summed E-state index contributed by atoms with van der Waals surface area (Å²) in [6.45, 7) is 2.54. The molecule has 1 fully saturated rings. The van der Waals surface area contributed by atoms with Crippen LogP contribution in [0.25, 0.3) is 6.08 Å². The molecule has 1 saturated heterocycles. The number of aliphatic imine (C=N–C) groups is 1. The van der Waals surface area contributed by atoms with Crippen LogP contribution in [0.5, 0.6) is 0 Å². The zero-order chi connectivity index (χ0) is 21.8. The van der Waals surface area contributed by atoms with Crippen molar-refractivity contribution in [2.24, 2.45) is 4.99 Å². The smallest absolute Gasteiger partial charge is 0.267 e. The molecule has 3 aromatic carbocycles. The van der Waals surface area contributed by atoms with Gasteiger partial charge in [0.1, 0.15) is 0 Å². The van der Waals surface area contributed by atoms with Gasteiger partial charge in [0.05, 0.1) is 17.1 Å². The van der Waals surface area contributed by atoms with Crippen LogP contribution in [0.3, 0.4) is 0 Å². The SMILES string of the molecule is Cc1ccc(N=C2SC(=Cc3ccc(N(C)C)cc3)C(=O)N2Cc2ccccc2)cc1.